The van der Waals surface area contributed by atoms with Crippen molar-refractivity contribution in [2.24, 2.45) is 17.6 Å². The number of hydrogen-bond donors (Lipinski definition) is 1. The van der Waals surface area contributed by atoms with Crippen LogP contribution in [0.2, 0.25) is 0 Å². The van der Waals surface area contributed by atoms with Crippen LogP contribution in [0.5, 0.6) is 0 Å². The average molecular weight is 248 g/mol. The maximum absolute atomic E-state index is 13.9. The summed E-state index contributed by atoms with van der Waals surface area (Å²) in [4.78, 5) is 2.34. The van der Waals surface area contributed by atoms with E-state index in [1.54, 1.807) is 6.07 Å². The van der Waals surface area contributed by atoms with Gasteiger partial charge in [-0.2, -0.15) is 0 Å². The van der Waals surface area contributed by atoms with Crippen LogP contribution < -0.4 is 10.6 Å². The van der Waals surface area contributed by atoms with Gasteiger partial charge in [-0.25, -0.2) is 4.39 Å². The Kier molecular flexibility index (Phi) is 3.02. The molecular formula is C15H21FN2. The molecule has 1 saturated heterocycles. The van der Waals surface area contributed by atoms with E-state index in [9.17, 15) is 4.39 Å². The van der Waals surface area contributed by atoms with Crippen LogP contribution in [0.15, 0.2) is 18.2 Å². The molecule has 1 heterocycles. The van der Waals surface area contributed by atoms with Crippen LogP contribution in [0, 0.1) is 17.7 Å². The minimum atomic E-state index is -0.248. The van der Waals surface area contributed by atoms with Gasteiger partial charge in [-0.15, -0.1) is 0 Å². The summed E-state index contributed by atoms with van der Waals surface area (Å²) in [7, 11) is 0. The number of hydrogen-bond acceptors (Lipinski definition) is 2. The quantitative estimate of drug-likeness (QED) is 0.871. The standard InChI is InChI=1S/C15H21FN2/c1-10(17)15-13(16)6-3-7-14(15)18-8-11-4-2-5-12(11)9-18/h3,6-7,10-12H,2,4-5,8-9,17H2,1H3/t10-,11?,12?/m1/s1. The zero-order valence-corrected chi connectivity index (χ0v) is 10.9. The fourth-order valence-corrected chi connectivity index (χ4v) is 3.68. The van der Waals surface area contributed by atoms with Gasteiger partial charge in [0.25, 0.3) is 0 Å². The smallest absolute Gasteiger partial charge is 0.130 e. The van der Waals surface area contributed by atoms with Gasteiger partial charge in [-0.1, -0.05) is 12.5 Å². The molecule has 1 aromatic rings. The highest BCUT2D eigenvalue weighted by Crippen LogP contribution is 2.41. The normalized spacial score (nSPS) is 28.5. The Hall–Kier alpha value is -1.09. The first-order valence-electron chi connectivity index (χ1n) is 6.95. The lowest BCUT2D eigenvalue weighted by Gasteiger charge is -2.24. The molecule has 18 heavy (non-hydrogen) atoms. The number of fused-ring (bicyclic) bond motifs is 1. The summed E-state index contributed by atoms with van der Waals surface area (Å²) in [6.45, 7) is 4.01. The van der Waals surface area contributed by atoms with Crippen LogP contribution in [0.3, 0.4) is 0 Å². The molecule has 3 atom stereocenters. The number of benzene rings is 1. The molecule has 1 aliphatic heterocycles. The van der Waals surface area contributed by atoms with Gasteiger partial charge in [0.1, 0.15) is 5.82 Å². The topological polar surface area (TPSA) is 29.3 Å². The highest BCUT2D eigenvalue weighted by atomic mass is 19.1. The molecular weight excluding hydrogens is 227 g/mol. The van der Waals surface area contributed by atoms with E-state index in [1.807, 2.05) is 13.0 Å². The van der Waals surface area contributed by atoms with Crippen molar-refractivity contribution < 1.29 is 4.39 Å². The molecule has 3 rings (SSSR count). The van der Waals surface area contributed by atoms with Crippen LogP contribution in [0.1, 0.15) is 37.8 Å². The molecule has 0 radical (unpaired) electrons. The van der Waals surface area contributed by atoms with Crippen molar-refractivity contribution in [1.29, 1.82) is 0 Å². The van der Waals surface area contributed by atoms with E-state index in [4.69, 9.17) is 5.73 Å². The van der Waals surface area contributed by atoms with E-state index in [2.05, 4.69) is 4.90 Å². The Morgan fingerprint density at radius 3 is 2.56 bits per heavy atom. The number of rotatable bonds is 2. The van der Waals surface area contributed by atoms with Gasteiger partial charge in [0, 0.05) is 30.4 Å². The molecule has 2 nitrogen and oxygen atoms in total. The van der Waals surface area contributed by atoms with Crippen LogP contribution in [-0.2, 0) is 0 Å². The van der Waals surface area contributed by atoms with Gasteiger partial charge in [0.2, 0.25) is 0 Å². The summed E-state index contributed by atoms with van der Waals surface area (Å²) < 4.78 is 13.9. The summed E-state index contributed by atoms with van der Waals surface area (Å²) in [6, 6.07) is 5.08. The summed E-state index contributed by atoms with van der Waals surface area (Å²) in [6.07, 6.45) is 4.04. The fourth-order valence-electron chi connectivity index (χ4n) is 3.68. The van der Waals surface area contributed by atoms with Crippen LogP contribution >= 0.6 is 0 Å². The predicted octanol–water partition coefficient (Wildman–Crippen LogP) is 3.08. The Morgan fingerprint density at radius 1 is 1.28 bits per heavy atom. The second-order valence-corrected chi connectivity index (χ2v) is 5.82. The molecule has 98 valence electrons. The molecule has 0 amide bonds. The van der Waals surface area contributed by atoms with Crippen molar-refractivity contribution in [3.8, 4) is 0 Å². The fraction of sp³-hybridized carbons (Fsp3) is 0.600. The average Bonchev–Trinajstić information content (AvgIpc) is 2.87. The Bertz CT molecular complexity index is 432. The Morgan fingerprint density at radius 2 is 1.94 bits per heavy atom. The first kappa shape index (κ1) is 12.0. The van der Waals surface area contributed by atoms with Crippen molar-refractivity contribution in [3.63, 3.8) is 0 Å². The van der Waals surface area contributed by atoms with Gasteiger partial charge < -0.3 is 10.6 Å². The van der Waals surface area contributed by atoms with Gasteiger partial charge >= 0.3 is 0 Å². The summed E-state index contributed by atoms with van der Waals surface area (Å²) in [5, 5.41) is 0. The van der Waals surface area contributed by atoms with Crippen molar-refractivity contribution in [3.05, 3.63) is 29.6 Å². The minimum Gasteiger partial charge on any atom is -0.371 e. The molecule has 3 heteroatoms. The van der Waals surface area contributed by atoms with Crippen molar-refractivity contribution >= 4 is 5.69 Å². The molecule has 1 saturated carbocycles. The van der Waals surface area contributed by atoms with Crippen molar-refractivity contribution in [1.82, 2.24) is 0 Å². The SMILES string of the molecule is C[C@@H](N)c1c(F)cccc1N1CC2CCCC2C1. The molecule has 0 bridgehead atoms. The number of nitrogens with zero attached hydrogens (tertiary/aromatic N) is 1. The Labute approximate surface area is 108 Å². The van der Waals surface area contributed by atoms with E-state index >= 15 is 0 Å². The Balaban J connectivity index is 1.91. The number of anilines is 1. The molecule has 2 N–H and O–H groups in total. The highest BCUT2D eigenvalue weighted by molar-refractivity contribution is 5.56. The molecule has 2 aliphatic rings. The maximum atomic E-state index is 13.9. The van der Waals surface area contributed by atoms with Gasteiger partial charge in [0.05, 0.1) is 0 Å². The predicted molar refractivity (Wildman–Crippen MR) is 72.0 cm³/mol. The molecule has 2 unspecified atom stereocenters. The zero-order valence-electron chi connectivity index (χ0n) is 10.9. The molecule has 0 aromatic heterocycles. The largest absolute Gasteiger partial charge is 0.371 e. The third-order valence-corrected chi connectivity index (χ3v) is 4.55. The van der Waals surface area contributed by atoms with Crippen LogP contribution in [0.4, 0.5) is 10.1 Å². The van der Waals surface area contributed by atoms with E-state index in [-0.39, 0.29) is 11.9 Å². The molecule has 1 aliphatic carbocycles. The molecule has 1 aromatic carbocycles. The lowest BCUT2D eigenvalue weighted by Crippen LogP contribution is -2.24. The van der Waals surface area contributed by atoms with Crippen molar-refractivity contribution in [2.45, 2.75) is 32.2 Å². The number of halogens is 1. The van der Waals surface area contributed by atoms with Gasteiger partial charge in [-0.3, -0.25) is 0 Å². The first-order chi connectivity index (χ1) is 8.66. The minimum absolute atomic E-state index is 0.167. The molecule has 0 spiro atoms. The van der Waals surface area contributed by atoms with Crippen molar-refractivity contribution in [2.75, 3.05) is 18.0 Å². The highest BCUT2D eigenvalue weighted by Gasteiger charge is 2.37. The van der Waals surface area contributed by atoms with Gasteiger partial charge in [-0.05, 0) is 43.7 Å². The number of nitrogens with two attached hydrogens (primary N) is 1. The van der Waals surface area contributed by atoms with E-state index < -0.39 is 0 Å². The third-order valence-electron chi connectivity index (χ3n) is 4.55. The van der Waals surface area contributed by atoms with E-state index in [0.29, 0.717) is 5.56 Å². The van der Waals surface area contributed by atoms with E-state index in [1.165, 1.54) is 25.3 Å². The molecule has 2 fully saturated rings. The maximum Gasteiger partial charge on any atom is 0.130 e. The summed E-state index contributed by atoms with van der Waals surface area (Å²) >= 11 is 0. The van der Waals surface area contributed by atoms with E-state index in [0.717, 1.165) is 30.6 Å². The third kappa shape index (κ3) is 1.91. The monoisotopic (exact) mass is 248 g/mol. The van der Waals surface area contributed by atoms with Gasteiger partial charge in [0.15, 0.2) is 0 Å². The summed E-state index contributed by atoms with van der Waals surface area (Å²) in [5.41, 5.74) is 7.62. The van der Waals surface area contributed by atoms with Crippen LogP contribution in [0.25, 0.3) is 0 Å². The summed E-state index contributed by atoms with van der Waals surface area (Å²) in [5.74, 6) is 1.46. The second-order valence-electron chi connectivity index (χ2n) is 5.82. The lowest BCUT2D eigenvalue weighted by molar-refractivity contribution is 0.494. The second kappa shape index (κ2) is 4.54. The zero-order chi connectivity index (χ0) is 12.7. The van der Waals surface area contributed by atoms with Crippen LogP contribution in [-0.4, -0.2) is 13.1 Å². The lowest BCUT2D eigenvalue weighted by atomic mass is 10.0. The first-order valence-corrected chi connectivity index (χ1v) is 6.95.